The Balaban J connectivity index is 1.10. The summed E-state index contributed by atoms with van der Waals surface area (Å²) in [6, 6.07) is 23.0. The number of thiazole rings is 3. The second-order valence-electron chi connectivity index (χ2n) is 11.4. The lowest BCUT2D eigenvalue weighted by atomic mass is 10.3. The molecule has 0 radical (unpaired) electrons. The summed E-state index contributed by atoms with van der Waals surface area (Å²) in [4.78, 5) is 54.7. The Labute approximate surface area is 314 Å². The van der Waals surface area contributed by atoms with Crippen molar-refractivity contribution in [2.75, 3.05) is 17.3 Å². The summed E-state index contributed by atoms with van der Waals surface area (Å²) in [5.41, 5.74) is -0.339. The topological polar surface area (TPSA) is 165 Å². The molecule has 3 N–H and O–H groups in total. The molecule has 7 aromatic rings. The van der Waals surface area contributed by atoms with Crippen molar-refractivity contribution in [1.82, 2.24) is 28.7 Å². The first-order valence-corrected chi connectivity index (χ1v) is 21.1. The van der Waals surface area contributed by atoms with Crippen molar-refractivity contribution in [2.45, 2.75) is 51.0 Å². The molecular weight excluding hydrogens is 769 g/mol. The number of hydrogen-bond donors (Lipinski definition) is 3. The first-order valence-electron chi connectivity index (χ1n) is 15.7. The fourth-order valence-electron chi connectivity index (χ4n) is 5.18. The lowest BCUT2D eigenvalue weighted by molar-refractivity contribution is 0.150. The lowest BCUT2D eigenvalue weighted by Crippen LogP contribution is -2.57. The average Bonchev–Trinajstić information content (AvgIpc) is 3.87. The predicted octanol–water partition coefficient (Wildman–Crippen LogP) is 4.46. The van der Waals surface area contributed by atoms with Crippen molar-refractivity contribution in [2.24, 2.45) is 0 Å². The Morgan fingerprint density at radius 3 is 1.04 bits per heavy atom. The summed E-state index contributed by atoms with van der Waals surface area (Å²) in [5.74, 6) is 0.398. The van der Waals surface area contributed by atoms with Crippen molar-refractivity contribution in [1.29, 1.82) is 0 Å². The fraction of sp³-hybridized carbons (Fsp3) is 0.273. The summed E-state index contributed by atoms with van der Waals surface area (Å²) < 4.78 is 7.58. The number of thioether (sulfide) groups is 3. The second kappa shape index (κ2) is 16.1. The van der Waals surface area contributed by atoms with E-state index in [0.717, 1.165) is 57.4 Å². The third kappa shape index (κ3) is 8.50. The minimum Gasteiger partial charge on any atom is -0.390 e. The van der Waals surface area contributed by atoms with Crippen molar-refractivity contribution < 1.29 is 15.3 Å². The van der Waals surface area contributed by atoms with Crippen molar-refractivity contribution in [3.05, 3.63) is 104 Å². The molecule has 0 spiro atoms. The van der Waals surface area contributed by atoms with E-state index >= 15 is 0 Å². The van der Waals surface area contributed by atoms with E-state index in [9.17, 15) is 29.7 Å². The van der Waals surface area contributed by atoms with Gasteiger partial charge in [0.2, 0.25) is 0 Å². The van der Waals surface area contributed by atoms with Crippen LogP contribution in [0.5, 0.6) is 0 Å². The molecule has 0 saturated heterocycles. The molecule has 3 unspecified atom stereocenters. The Morgan fingerprint density at radius 1 is 0.490 bits per heavy atom. The highest BCUT2D eigenvalue weighted by Gasteiger charge is 2.23. The van der Waals surface area contributed by atoms with Crippen LogP contribution in [0.2, 0.25) is 0 Å². The zero-order valence-electron chi connectivity index (χ0n) is 26.6. The van der Waals surface area contributed by atoms with Crippen LogP contribution in [-0.2, 0) is 19.6 Å². The van der Waals surface area contributed by atoms with Gasteiger partial charge >= 0.3 is 17.1 Å². The van der Waals surface area contributed by atoms with E-state index < -0.39 is 55.0 Å². The summed E-state index contributed by atoms with van der Waals surface area (Å²) in [5, 5.41) is 33.0. The predicted molar refractivity (Wildman–Crippen MR) is 208 cm³/mol. The Kier molecular flexibility index (Phi) is 11.4. The van der Waals surface area contributed by atoms with Crippen LogP contribution >= 0.6 is 69.3 Å². The zero-order valence-corrected chi connectivity index (χ0v) is 31.5. The second-order valence-corrected chi connectivity index (χ2v) is 18.3. The van der Waals surface area contributed by atoms with E-state index in [0.29, 0.717) is 0 Å². The first kappa shape index (κ1) is 36.0. The maximum atomic E-state index is 13.7. The van der Waals surface area contributed by atoms with Crippen LogP contribution in [-0.4, -0.2) is 79.5 Å². The van der Waals surface area contributed by atoms with Gasteiger partial charge in [-0.25, -0.2) is 43.0 Å². The maximum Gasteiger partial charge on any atom is 0.336 e. The monoisotopic (exact) mass is 798 g/mol. The molecule has 0 aliphatic heterocycles. The van der Waals surface area contributed by atoms with E-state index in [1.165, 1.54) is 69.3 Å². The van der Waals surface area contributed by atoms with Crippen LogP contribution in [0.4, 0.5) is 0 Å². The average molecular weight is 799 g/mol. The molecule has 0 aliphatic rings. The van der Waals surface area contributed by atoms with E-state index in [-0.39, 0.29) is 17.3 Å². The first-order chi connectivity index (χ1) is 24.7. The van der Waals surface area contributed by atoms with Gasteiger partial charge in [0.05, 0.1) is 68.6 Å². The zero-order chi connectivity index (χ0) is 35.5. The standard InChI is InChI=1S/C33H30N6O6S6/c40-19(16-46-28-34-22-7-1-4-10-25(22)49-28)13-37-31(43)38(14-20(41)17-47-29-35-23-8-2-5-11-26(23)50-29)33(45)39(32(37)44)15-21(42)18-48-30-36-24-9-3-6-12-27(24)51-30/h1-12,19-21,40-42H,13-18H2. The van der Waals surface area contributed by atoms with Gasteiger partial charge in [-0.1, -0.05) is 71.7 Å². The molecule has 7 rings (SSSR count). The molecule has 0 bridgehead atoms. The highest BCUT2D eigenvalue weighted by atomic mass is 32.2. The largest absolute Gasteiger partial charge is 0.390 e. The SMILES string of the molecule is O=c1n(CC(O)CSc2nc3ccccc3s2)c(=O)n(CC(O)CSc2nc3ccccc3s2)c(=O)n1CC(O)CSc1nc2ccccc2s1. The van der Waals surface area contributed by atoms with Crippen molar-refractivity contribution in [3.63, 3.8) is 0 Å². The van der Waals surface area contributed by atoms with Gasteiger partial charge in [0.1, 0.15) is 0 Å². The van der Waals surface area contributed by atoms with E-state index in [1.54, 1.807) is 0 Å². The number of aromatic nitrogens is 6. The minimum absolute atomic E-state index is 0.133. The number of aliphatic hydroxyl groups is 3. The van der Waals surface area contributed by atoms with Gasteiger partial charge in [-0.3, -0.25) is 0 Å². The molecule has 51 heavy (non-hydrogen) atoms. The molecule has 3 atom stereocenters. The van der Waals surface area contributed by atoms with Gasteiger partial charge in [-0.05, 0) is 36.4 Å². The summed E-state index contributed by atoms with van der Waals surface area (Å²) in [6.45, 7) is -1.20. The fourth-order valence-corrected chi connectivity index (χ4v) is 11.2. The van der Waals surface area contributed by atoms with Gasteiger partial charge in [0.25, 0.3) is 0 Å². The van der Waals surface area contributed by atoms with Crippen LogP contribution < -0.4 is 17.1 Å². The van der Waals surface area contributed by atoms with Crippen LogP contribution in [0.15, 0.2) is 100 Å². The molecule has 3 aromatic carbocycles. The van der Waals surface area contributed by atoms with Crippen LogP contribution in [0, 0.1) is 0 Å². The van der Waals surface area contributed by atoms with Crippen LogP contribution in [0.25, 0.3) is 30.6 Å². The highest BCUT2D eigenvalue weighted by Crippen LogP contribution is 2.31. The van der Waals surface area contributed by atoms with Gasteiger partial charge in [0.15, 0.2) is 13.0 Å². The van der Waals surface area contributed by atoms with Gasteiger partial charge in [0, 0.05) is 17.3 Å². The van der Waals surface area contributed by atoms with E-state index in [4.69, 9.17) is 0 Å². The molecule has 0 fully saturated rings. The molecule has 18 heteroatoms. The van der Waals surface area contributed by atoms with Gasteiger partial charge < -0.3 is 15.3 Å². The summed E-state index contributed by atoms with van der Waals surface area (Å²) in [6.07, 6.45) is -3.44. The quantitative estimate of drug-likeness (QED) is 0.125. The molecule has 4 heterocycles. The minimum atomic E-state index is -1.15. The third-order valence-corrected chi connectivity index (χ3v) is 14.6. The molecule has 0 aliphatic carbocycles. The number of hydrogen-bond acceptors (Lipinski definition) is 15. The Morgan fingerprint density at radius 2 is 0.765 bits per heavy atom. The summed E-state index contributed by atoms with van der Waals surface area (Å²) in [7, 11) is 0. The lowest BCUT2D eigenvalue weighted by Gasteiger charge is -2.19. The highest BCUT2D eigenvalue weighted by molar-refractivity contribution is 8.01. The number of aliphatic hydroxyl groups excluding tert-OH is 3. The number of para-hydroxylation sites is 3. The molecule has 0 amide bonds. The number of nitrogens with zero attached hydrogens (tertiary/aromatic N) is 6. The molecule has 4 aromatic heterocycles. The maximum absolute atomic E-state index is 13.7. The van der Waals surface area contributed by atoms with Crippen LogP contribution in [0.1, 0.15) is 0 Å². The molecule has 0 saturated carbocycles. The van der Waals surface area contributed by atoms with E-state index in [2.05, 4.69) is 15.0 Å². The number of benzene rings is 3. The Hall–Kier alpha value is -3.33. The number of fused-ring (bicyclic) bond motifs is 3. The van der Waals surface area contributed by atoms with Crippen LogP contribution in [0.3, 0.4) is 0 Å². The molecule has 264 valence electrons. The molecular formula is C33H30N6O6S6. The van der Waals surface area contributed by atoms with E-state index in [1.807, 2.05) is 72.8 Å². The van der Waals surface area contributed by atoms with Crippen molar-refractivity contribution in [3.8, 4) is 0 Å². The normalized spacial score (nSPS) is 13.7. The Bertz CT molecular complexity index is 2090. The van der Waals surface area contributed by atoms with Gasteiger partial charge in [-0.2, -0.15) is 0 Å². The third-order valence-electron chi connectivity index (χ3n) is 7.59. The smallest absolute Gasteiger partial charge is 0.336 e. The summed E-state index contributed by atoms with van der Waals surface area (Å²) >= 11 is 8.32. The van der Waals surface area contributed by atoms with Crippen molar-refractivity contribution >= 4 is 99.9 Å². The van der Waals surface area contributed by atoms with Gasteiger partial charge in [-0.15, -0.1) is 34.0 Å². The number of rotatable bonds is 15. The molecule has 12 nitrogen and oxygen atoms in total.